The van der Waals surface area contributed by atoms with Crippen LogP contribution in [0.1, 0.15) is 80.1 Å². The van der Waals surface area contributed by atoms with Gasteiger partial charge in [0.05, 0.1) is 24.6 Å². The second-order valence-electron chi connectivity index (χ2n) is 13.5. The maximum absolute atomic E-state index is 14.2. The first-order valence-corrected chi connectivity index (χ1v) is 17.3. The van der Waals surface area contributed by atoms with Crippen LogP contribution in [0.2, 0.25) is 0 Å². The number of H-pyrrole nitrogens is 2. The Labute approximate surface area is 286 Å². The Balaban J connectivity index is 1.56. The van der Waals surface area contributed by atoms with Crippen molar-refractivity contribution in [3.05, 3.63) is 79.0 Å². The fraction of sp³-hybridized carbons (Fsp3) is 0.436. The first kappa shape index (κ1) is 34.2. The number of hydrogen-bond acceptors (Lipinski definition) is 7. The second-order valence-corrected chi connectivity index (χ2v) is 13.5. The molecule has 0 saturated heterocycles. The quantitative estimate of drug-likeness (QED) is 0.149. The highest BCUT2D eigenvalue weighted by molar-refractivity contribution is 6.26. The molecule has 5 heterocycles. The van der Waals surface area contributed by atoms with Crippen molar-refractivity contribution in [3.63, 3.8) is 0 Å². The summed E-state index contributed by atoms with van der Waals surface area (Å²) in [4.78, 5) is 53.0. The molecule has 10 heteroatoms. The van der Waals surface area contributed by atoms with Crippen LogP contribution in [0.25, 0.3) is 24.3 Å². The number of aromatic amines is 2. The number of rotatable bonds is 10. The summed E-state index contributed by atoms with van der Waals surface area (Å²) in [7, 11) is 1.30. The molecule has 4 unspecified atom stereocenters. The van der Waals surface area contributed by atoms with E-state index in [1.54, 1.807) is 0 Å². The third-order valence-corrected chi connectivity index (χ3v) is 10.7. The standard InChI is InChI=1S/C39H47N5O5/c1-8-23-19(3)26-16-28-21(5)25(12-13-32(46)40-14-10-11-15-45)36(43-28)34-35(39(48)49-7)38(47)33-22(6)29(44-37(33)34)18-31-24(9-2)20(4)27(42-31)17-30(23)41-26/h8,16-18,21,25,29,35,41-42,44-45H,1,9-15H2,2-7H3,(H,40,46). The number of nitrogens with zero attached hydrogens (tertiary/aromatic N) is 1. The number of ketones is 1. The normalized spacial score (nSPS) is 22.4. The predicted octanol–water partition coefficient (Wildman–Crippen LogP) is 3.42. The van der Waals surface area contributed by atoms with Crippen LogP contribution in [0.4, 0.5) is 0 Å². The summed E-state index contributed by atoms with van der Waals surface area (Å²) in [6, 6.07) is -0.285. The van der Waals surface area contributed by atoms with E-state index in [-0.39, 0.29) is 42.6 Å². The van der Waals surface area contributed by atoms with Gasteiger partial charge in [-0.15, -0.1) is 0 Å². The summed E-state index contributed by atoms with van der Waals surface area (Å²) >= 11 is 0. The number of aromatic nitrogens is 2. The molecule has 6 rings (SSSR count). The largest absolute Gasteiger partial charge is 0.468 e. The Morgan fingerprint density at radius 2 is 1.88 bits per heavy atom. The van der Waals surface area contributed by atoms with E-state index >= 15 is 0 Å². The number of aliphatic imine (C=N–C) groups is 1. The third kappa shape index (κ3) is 5.86. The van der Waals surface area contributed by atoms with Crippen LogP contribution in [0, 0.1) is 31.6 Å². The molecule has 4 aliphatic rings. The Bertz CT molecular complexity index is 2000. The van der Waals surface area contributed by atoms with Crippen LogP contribution >= 0.6 is 0 Å². The number of ether oxygens (including phenoxy) is 1. The van der Waals surface area contributed by atoms with E-state index in [4.69, 9.17) is 14.8 Å². The Morgan fingerprint density at radius 3 is 2.57 bits per heavy atom. The lowest BCUT2D eigenvalue weighted by molar-refractivity contribution is -0.146. The van der Waals surface area contributed by atoms with E-state index in [1.165, 1.54) is 12.7 Å². The number of hydrogen-bond donors (Lipinski definition) is 5. The first-order valence-electron chi connectivity index (χ1n) is 17.3. The van der Waals surface area contributed by atoms with Gasteiger partial charge < -0.3 is 30.4 Å². The minimum Gasteiger partial charge on any atom is -0.468 e. The van der Waals surface area contributed by atoms with Gasteiger partial charge in [-0.05, 0) is 86.9 Å². The maximum Gasteiger partial charge on any atom is 0.321 e. The van der Waals surface area contributed by atoms with E-state index in [0.717, 1.165) is 56.5 Å². The number of nitrogens with one attached hydrogen (secondary N) is 4. The van der Waals surface area contributed by atoms with E-state index in [9.17, 15) is 14.4 Å². The van der Waals surface area contributed by atoms with Gasteiger partial charge in [0.1, 0.15) is 5.92 Å². The van der Waals surface area contributed by atoms with Crippen LogP contribution in [0.15, 0.2) is 39.7 Å². The van der Waals surface area contributed by atoms with Gasteiger partial charge in [-0.1, -0.05) is 26.5 Å². The van der Waals surface area contributed by atoms with Crippen molar-refractivity contribution in [2.24, 2.45) is 22.7 Å². The molecule has 5 N–H and O–H groups in total. The van der Waals surface area contributed by atoms with Crippen molar-refractivity contribution >= 4 is 47.7 Å². The lowest BCUT2D eigenvalue weighted by Crippen LogP contribution is -2.33. The molecule has 0 saturated carbocycles. The molecule has 1 amide bonds. The highest BCUT2D eigenvalue weighted by atomic mass is 16.5. The zero-order chi connectivity index (χ0) is 35.1. The molecular formula is C39H47N5O5. The smallest absolute Gasteiger partial charge is 0.321 e. The molecule has 1 aliphatic carbocycles. The number of methoxy groups -OCH3 is 1. The molecular weight excluding hydrogens is 618 g/mol. The van der Waals surface area contributed by atoms with E-state index in [1.807, 2.05) is 19.1 Å². The lowest BCUT2D eigenvalue weighted by Gasteiger charge is -2.22. The van der Waals surface area contributed by atoms with Gasteiger partial charge in [0, 0.05) is 75.9 Å². The predicted molar refractivity (Wildman–Crippen MR) is 192 cm³/mol. The molecule has 10 nitrogen and oxygen atoms in total. The number of aliphatic hydroxyl groups excluding tert-OH is 1. The summed E-state index contributed by atoms with van der Waals surface area (Å²) in [6.45, 7) is 15.0. The number of esters is 1. The second kappa shape index (κ2) is 13.7. The van der Waals surface area contributed by atoms with Gasteiger partial charge in [-0.3, -0.25) is 19.4 Å². The molecule has 0 aromatic carbocycles. The minimum atomic E-state index is -1.15. The molecule has 49 heavy (non-hydrogen) atoms. The summed E-state index contributed by atoms with van der Waals surface area (Å²) in [5.41, 5.74) is 10.2. The highest BCUT2D eigenvalue weighted by Gasteiger charge is 2.51. The zero-order valence-corrected chi connectivity index (χ0v) is 29.3. The average Bonchev–Trinajstić information content (AvgIpc) is 3.82. The molecule has 2 aromatic heterocycles. The molecule has 2 aromatic rings. The van der Waals surface area contributed by atoms with Crippen molar-refractivity contribution in [2.75, 3.05) is 20.3 Å². The van der Waals surface area contributed by atoms with Crippen molar-refractivity contribution in [3.8, 4) is 0 Å². The van der Waals surface area contributed by atoms with Crippen LogP contribution < -0.4 is 21.3 Å². The summed E-state index contributed by atoms with van der Waals surface area (Å²) < 4.78 is 5.22. The number of unbranched alkanes of at least 4 members (excludes halogenated alkanes) is 1. The molecule has 3 aliphatic heterocycles. The van der Waals surface area contributed by atoms with Gasteiger partial charge in [-0.2, -0.15) is 0 Å². The number of fused-ring (bicyclic) bond motifs is 7. The van der Waals surface area contributed by atoms with Crippen LogP contribution in [-0.4, -0.2) is 64.7 Å². The Kier molecular flexibility index (Phi) is 9.53. The SMILES string of the molecule is C=Cc1c2[nH]c(c1C)C=C1N=C(C3=C4NC(C=c5[nH]c(c(C)c5CC)=C2)C(C)=C4C(=O)C3C(=O)OC)C(CCC(=O)NCCCCO)C1C. The van der Waals surface area contributed by atoms with Gasteiger partial charge in [-0.25, -0.2) is 0 Å². The fourth-order valence-corrected chi connectivity index (χ4v) is 7.89. The molecule has 4 atom stereocenters. The van der Waals surface area contributed by atoms with Crippen LogP contribution in [-0.2, 0) is 25.5 Å². The third-order valence-electron chi connectivity index (χ3n) is 10.7. The number of aliphatic hydroxyl groups is 1. The van der Waals surface area contributed by atoms with Crippen LogP contribution in [0.5, 0.6) is 0 Å². The molecule has 0 fully saturated rings. The monoisotopic (exact) mass is 665 g/mol. The molecule has 0 spiro atoms. The molecule has 0 radical (unpaired) electrons. The van der Waals surface area contributed by atoms with Gasteiger partial charge >= 0.3 is 5.97 Å². The number of allylic oxidation sites excluding steroid dienone is 2. The maximum atomic E-state index is 14.2. The lowest BCUT2D eigenvalue weighted by atomic mass is 9.81. The first-order chi connectivity index (χ1) is 23.5. The molecule has 258 valence electrons. The number of Topliss-reactive ketones (excluding diaryl/α,β-unsaturated/α-hetero) is 1. The van der Waals surface area contributed by atoms with E-state index in [0.29, 0.717) is 48.4 Å². The van der Waals surface area contributed by atoms with Gasteiger partial charge in [0.15, 0.2) is 5.78 Å². The van der Waals surface area contributed by atoms with Crippen molar-refractivity contribution in [1.29, 1.82) is 0 Å². The minimum absolute atomic E-state index is 0.0850. The molecule has 8 bridgehead atoms. The van der Waals surface area contributed by atoms with Crippen molar-refractivity contribution in [2.45, 2.75) is 72.8 Å². The van der Waals surface area contributed by atoms with E-state index in [2.05, 4.69) is 67.0 Å². The fourth-order valence-electron chi connectivity index (χ4n) is 7.89. The van der Waals surface area contributed by atoms with E-state index < -0.39 is 11.9 Å². The summed E-state index contributed by atoms with van der Waals surface area (Å²) in [5.74, 6) is -2.51. The van der Waals surface area contributed by atoms with Crippen LogP contribution in [0.3, 0.4) is 0 Å². The summed E-state index contributed by atoms with van der Waals surface area (Å²) in [6.07, 6.45) is 11.0. The zero-order valence-electron chi connectivity index (χ0n) is 29.3. The summed E-state index contributed by atoms with van der Waals surface area (Å²) in [5, 5.41) is 17.7. The number of amides is 1. The Morgan fingerprint density at radius 1 is 1.10 bits per heavy atom. The topological polar surface area (TPSA) is 149 Å². The Hall–Kier alpha value is -4.70. The number of carbonyl (C=O) groups excluding carboxylic acids is 3. The van der Waals surface area contributed by atoms with Crippen molar-refractivity contribution in [1.82, 2.24) is 20.6 Å². The van der Waals surface area contributed by atoms with Crippen molar-refractivity contribution < 1.29 is 24.2 Å². The van der Waals surface area contributed by atoms with Gasteiger partial charge in [0.2, 0.25) is 5.91 Å². The highest BCUT2D eigenvalue weighted by Crippen LogP contribution is 2.46. The number of carbonyl (C=O) groups is 3. The van der Waals surface area contributed by atoms with Gasteiger partial charge in [0.25, 0.3) is 0 Å². The average molecular weight is 666 g/mol.